The molecule has 2 aromatic rings. The van der Waals surface area contributed by atoms with Crippen molar-refractivity contribution in [1.82, 2.24) is 20.3 Å². The van der Waals surface area contributed by atoms with Gasteiger partial charge in [0.1, 0.15) is 0 Å². The zero-order valence-electron chi connectivity index (χ0n) is 14.7. The van der Waals surface area contributed by atoms with Crippen LogP contribution in [0.4, 0.5) is 0 Å². The lowest BCUT2D eigenvalue weighted by Gasteiger charge is -2.11. The highest BCUT2D eigenvalue weighted by molar-refractivity contribution is 7.99. The van der Waals surface area contributed by atoms with Gasteiger partial charge in [0.15, 0.2) is 15.7 Å². The third-order valence-corrected chi connectivity index (χ3v) is 6.74. The van der Waals surface area contributed by atoms with Crippen molar-refractivity contribution in [3.63, 3.8) is 0 Å². The highest BCUT2D eigenvalue weighted by Crippen LogP contribution is 2.34. The van der Waals surface area contributed by atoms with Crippen LogP contribution >= 0.6 is 11.8 Å². The highest BCUT2D eigenvalue weighted by Gasteiger charge is 2.30. The molecule has 1 saturated heterocycles. The van der Waals surface area contributed by atoms with Gasteiger partial charge in [0.05, 0.1) is 16.8 Å². The topological polar surface area (TPSA) is 112 Å². The summed E-state index contributed by atoms with van der Waals surface area (Å²) in [7, 11) is -2.90. The van der Waals surface area contributed by atoms with Gasteiger partial charge >= 0.3 is 0 Å². The summed E-state index contributed by atoms with van der Waals surface area (Å²) in [6.07, 6.45) is 1.15. The van der Waals surface area contributed by atoms with Gasteiger partial charge in [-0.05, 0) is 19.3 Å². The lowest BCUT2D eigenvalue weighted by atomic mass is 9.96. The Kier molecular flexibility index (Phi) is 4.93. The summed E-state index contributed by atoms with van der Waals surface area (Å²) in [6.45, 7) is 7.99. The van der Waals surface area contributed by atoms with Crippen LogP contribution in [-0.2, 0) is 21.7 Å². The second-order valence-electron chi connectivity index (χ2n) is 7.40. The van der Waals surface area contributed by atoms with Crippen LogP contribution in [0.5, 0.6) is 0 Å². The lowest BCUT2D eigenvalue weighted by Crippen LogP contribution is -2.13. The molecule has 0 N–H and O–H groups in total. The molecular formula is C15H22N4O4S2. The van der Waals surface area contributed by atoms with E-state index in [1.165, 1.54) is 11.8 Å². The molecule has 3 heterocycles. The minimum absolute atomic E-state index is 0.0611. The predicted octanol–water partition coefficient (Wildman–Crippen LogP) is 2.58. The lowest BCUT2D eigenvalue weighted by molar-refractivity contribution is 0.362. The number of nitrogens with zero attached hydrogens (tertiary/aromatic N) is 4. The van der Waals surface area contributed by atoms with E-state index in [9.17, 15) is 8.42 Å². The zero-order chi connectivity index (χ0) is 18.2. The molecule has 138 valence electrons. The first kappa shape index (κ1) is 18.4. The molecule has 8 nitrogen and oxygen atoms in total. The average molecular weight is 386 g/mol. The number of hydrogen-bond acceptors (Lipinski definition) is 9. The van der Waals surface area contributed by atoms with Crippen LogP contribution < -0.4 is 0 Å². The molecule has 2 unspecified atom stereocenters. The molecule has 0 aromatic carbocycles. The van der Waals surface area contributed by atoms with Gasteiger partial charge in [0.25, 0.3) is 5.22 Å². The minimum Gasteiger partial charge on any atom is -0.416 e. The van der Waals surface area contributed by atoms with E-state index in [4.69, 9.17) is 8.94 Å². The Morgan fingerprint density at radius 2 is 2.08 bits per heavy atom. The second kappa shape index (κ2) is 6.71. The molecular weight excluding hydrogens is 364 g/mol. The molecule has 25 heavy (non-hydrogen) atoms. The molecule has 0 aliphatic carbocycles. The molecule has 0 spiro atoms. The van der Waals surface area contributed by atoms with Crippen molar-refractivity contribution in [2.24, 2.45) is 5.92 Å². The Bertz CT molecular complexity index is 838. The largest absolute Gasteiger partial charge is 0.416 e. The van der Waals surface area contributed by atoms with Crippen molar-refractivity contribution < 1.29 is 17.4 Å². The molecule has 1 aliphatic heterocycles. The smallest absolute Gasteiger partial charge is 0.277 e. The predicted molar refractivity (Wildman–Crippen MR) is 92.0 cm³/mol. The first-order valence-corrected chi connectivity index (χ1v) is 10.9. The Labute approximate surface area is 151 Å². The van der Waals surface area contributed by atoms with E-state index in [0.717, 1.165) is 0 Å². The van der Waals surface area contributed by atoms with Gasteiger partial charge in [-0.3, -0.25) is 0 Å². The fourth-order valence-corrected chi connectivity index (χ4v) is 5.15. The maximum atomic E-state index is 11.5. The molecule has 2 atom stereocenters. The number of rotatable bonds is 5. The molecule has 1 aliphatic rings. The minimum atomic E-state index is -2.90. The summed E-state index contributed by atoms with van der Waals surface area (Å²) in [4.78, 5) is 4.43. The van der Waals surface area contributed by atoms with Gasteiger partial charge in [-0.25, -0.2) is 8.42 Å². The van der Waals surface area contributed by atoms with E-state index in [1.807, 2.05) is 27.7 Å². The monoisotopic (exact) mass is 386 g/mol. The van der Waals surface area contributed by atoms with Crippen LogP contribution in [-0.4, -0.2) is 40.3 Å². The standard InChI is InChI=1S/C15H22N4O4S2/c1-9(12-16-13(19-23-12)15(2,3)4)24-14-18-17-11(22-14)7-10-5-6-25(20,21)8-10/h9-10H,5-8H2,1-4H3. The van der Waals surface area contributed by atoms with Crippen LogP contribution in [0.1, 0.15) is 57.0 Å². The number of thioether (sulfide) groups is 1. The summed E-state index contributed by atoms with van der Waals surface area (Å²) in [6, 6.07) is 0. The molecule has 2 aromatic heterocycles. The Balaban J connectivity index is 1.60. The molecule has 0 amide bonds. The van der Waals surface area contributed by atoms with Crippen molar-refractivity contribution in [2.75, 3.05) is 11.5 Å². The van der Waals surface area contributed by atoms with Gasteiger partial charge in [-0.2, -0.15) is 4.98 Å². The highest BCUT2D eigenvalue weighted by atomic mass is 32.2. The molecule has 10 heteroatoms. The van der Waals surface area contributed by atoms with Crippen molar-refractivity contribution >= 4 is 21.6 Å². The summed E-state index contributed by atoms with van der Waals surface area (Å²) in [5, 5.41) is 12.4. The maximum absolute atomic E-state index is 11.5. The molecule has 1 fully saturated rings. The fraction of sp³-hybridized carbons (Fsp3) is 0.733. The Hall–Kier alpha value is -1.42. The van der Waals surface area contributed by atoms with Crippen LogP contribution in [0, 0.1) is 5.92 Å². The van der Waals surface area contributed by atoms with Gasteiger partial charge in [0, 0.05) is 11.8 Å². The fourth-order valence-electron chi connectivity index (χ4n) is 2.55. The first-order valence-electron chi connectivity index (χ1n) is 8.16. The van der Waals surface area contributed by atoms with E-state index in [1.54, 1.807) is 0 Å². The van der Waals surface area contributed by atoms with E-state index in [-0.39, 0.29) is 28.1 Å². The number of sulfone groups is 1. The average Bonchev–Trinajstić information content (AvgIpc) is 3.18. The normalized spacial score (nSPS) is 21.5. The van der Waals surface area contributed by atoms with Crippen molar-refractivity contribution in [2.45, 2.75) is 56.4 Å². The summed E-state index contributed by atoms with van der Waals surface area (Å²) >= 11 is 1.34. The molecule has 0 bridgehead atoms. The SMILES string of the molecule is CC(Sc1nnc(CC2CCS(=O)(=O)C2)o1)c1nc(C(C)(C)C)no1. The van der Waals surface area contributed by atoms with E-state index >= 15 is 0 Å². The zero-order valence-corrected chi connectivity index (χ0v) is 16.4. The number of hydrogen-bond donors (Lipinski definition) is 0. The van der Waals surface area contributed by atoms with Crippen LogP contribution in [0.3, 0.4) is 0 Å². The molecule has 3 rings (SSSR count). The Morgan fingerprint density at radius 3 is 2.68 bits per heavy atom. The molecule has 0 saturated carbocycles. The van der Waals surface area contributed by atoms with Crippen LogP contribution in [0.2, 0.25) is 0 Å². The van der Waals surface area contributed by atoms with E-state index in [2.05, 4.69) is 20.3 Å². The quantitative estimate of drug-likeness (QED) is 0.715. The maximum Gasteiger partial charge on any atom is 0.277 e. The third-order valence-electron chi connectivity index (χ3n) is 3.98. The van der Waals surface area contributed by atoms with Crippen molar-refractivity contribution in [3.8, 4) is 0 Å². The van der Waals surface area contributed by atoms with Gasteiger partial charge in [-0.1, -0.05) is 37.7 Å². The summed E-state index contributed by atoms with van der Waals surface area (Å²) < 4.78 is 34.0. The van der Waals surface area contributed by atoms with Gasteiger partial charge < -0.3 is 8.94 Å². The summed E-state index contributed by atoms with van der Waals surface area (Å²) in [5.41, 5.74) is -0.175. The second-order valence-corrected chi connectivity index (χ2v) is 10.9. The van der Waals surface area contributed by atoms with Gasteiger partial charge in [0.2, 0.25) is 11.8 Å². The Morgan fingerprint density at radius 1 is 1.32 bits per heavy atom. The van der Waals surface area contributed by atoms with E-state index in [0.29, 0.717) is 35.7 Å². The first-order chi connectivity index (χ1) is 11.6. The van der Waals surface area contributed by atoms with Gasteiger partial charge in [-0.15, -0.1) is 10.2 Å². The number of aromatic nitrogens is 4. The summed E-state index contributed by atoms with van der Waals surface area (Å²) in [5.74, 6) is 2.15. The molecule has 0 radical (unpaired) electrons. The van der Waals surface area contributed by atoms with E-state index < -0.39 is 9.84 Å². The van der Waals surface area contributed by atoms with Crippen LogP contribution in [0.15, 0.2) is 14.2 Å². The third kappa shape index (κ3) is 4.60. The van der Waals surface area contributed by atoms with Crippen molar-refractivity contribution in [3.05, 3.63) is 17.6 Å². The van der Waals surface area contributed by atoms with Crippen LogP contribution in [0.25, 0.3) is 0 Å². The van der Waals surface area contributed by atoms with Crippen molar-refractivity contribution in [1.29, 1.82) is 0 Å².